The summed E-state index contributed by atoms with van der Waals surface area (Å²) in [4.78, 5) is 41.3. The van der Waals surface area contributed by atoms with Gasteiger partial charge in [-0.25, -0.2) is 19.6 Å². The van der Waals surface area contributed by atoms with Gasteiger partial charge in [-0.15, -0.1) is 0 Å². The zero-order valence-corrected chi connectivity index (χ0v) is 20.9. The van der Waals surface area contributed by atoms with Gasteiger partial charge in [-0.2, -0.15) is 4.98 Å². The monoisotopic (exact) mass is 493 g/mol. The quantitative estimate of drug-likeness (QED) is 0.508. The highest BCUT2D eigenvalue weighted by atomic mass is 16.6. The van der Waals surface area contributed by atoms with E-state index in [0.717, 1.165) is 24.5 Å². The van der Waals surface area contributed by atoms with Crippen LogP contribution in [0.1, 0.15) is 38.1 Å². The number of piperazine rings is 1. The average molecular weight is 494 g/mol. The molecular formula is C25H31N7O4. The number of carbonyl (C=O) groups excluding carboxylic acids is 2. The fourth-order valence-electron chi connectivity index (χ4n) is 3.77. The summed E-state index contributed by atoms with van der Waals surface area (Å²) < 4.78 is 10.5. The first-order valence-electron chi connectivity index (χ1n) is 11.8. The second-order valence-corrected chi connectivity index (χ2v) is 9.37. The van der Waals surface area contributed by atoms with Crippen LogP contribution in [0.4, 0.5) is 27.9 Å². The Morgan fingerprint density at radius 2 is 1.78 bits per heavy atom. The topological polar surface area (TPSA) is 136 Å². The van der Waals surface area contributed by atoms with Gasteiger partial charge in [0.1, 0.15) is 17.0 Å². The lowest BCUT2D eigenvalue weighted by Crippen LogP contribution is -2.50. The molecule has 1 fully saturated rings. The third-order valence-corrected chi connectivity index (χ3v) is 5.51. The molecule has 3 aromatic rings. The molecule has 1 aliphatic heterocycles. The van der Waals surface area contributed by atoms with Gasteiger partial charge in [0.25, 0.3) is 0 Å². The molecule has 3 N–H and O–H groups in total. The summed E-state index contributed by atoms with van der Waals surface area (Å²) in [6, 6.07) is 9.48. The molecule has 1 aliphatic rings. The summed E-state index contributed by atoms with van der Waals surface area (Å²) in [5.74, 6) is -0.114. The summed E-state index contributed by atoms with van der Waals surface area (Å²) in [7, 11) is 0. The number of esters is 1. The number of amides is 1. The molecule has 1 aromatic carbocycles. The Balaban J connectivity index is 1.38. The molecule has 0 spiro atoms. The van der Waals surface area contributed by atoms with Crippen LogP contribution < -0.4 is 16.0 Å². The summed E-state index contributed by atoms with van der Waals surface area (Å²) in [5, 5.41) is 3.75. The maximum absolute atomic E-state index is 12.3. The van der Waals surface area contributed by atoms with Gasteiger partial charge in [0.05, 0.1) is 6.61 Å². The van der Waals surface area contributed by atoms with Gasteiger partial charge < -0.3 is 30.3 Å². The minimum Gasteiger partial charge on any atom is -0.462 e. The molecule has 190 valence electrons. The van der Waals surface area contributed by atoms with Crippen LogP contribution in [0.2, 0.25) is 0 Å². The van der Waals surface area contributed by atoms with Crippen LogP contribution in [0, 0.1) is 0 Å². The van der Waals surface area contributed by atoms with Crippen molar-refractivity contribution in [1.29, 1.82) is 0 Å². The first kappa shape index (κ1) is 25.0. The van der Waals surface area contributed by atoms with Crippen LogP contribution in [0.25, 0.3) is 11.0 Å². The van der Waals surface area contributed by atoms with Crippen LogP contribution in [0.3, 0.4) is 0 Å². The number of ether oxygens (including phenoxy) is 2. The molecule has 1 saturated heterocycles. The molecule has 2 aromatic heterocycles. The number of hydrogen-bond acceptors (Lipinski definition) is 10. The fourth-order valence-corrected chi connectivity index (χ4v) is 3.77. The molecule has 0 aliphatic carbocycles. The van der Waals surface area contributed by atoms with Gasteiger partial charge in [-0.05, 0) is 58.0 Å². The van der Waals surface area contributed by atoms with Crippen molar-refractivity contribution in [2.24, 2.45) is 0 Å². The molecule has 0 unspecified atom stereocenters. The molecule has 11 nitrogen and oxygen atoms in total. The number of hydrogen-bond donors (Lipinski definition) is 2. The van der Waals surface area contributed by atoms with Crippen molar-refractivity contribution in [3.63, 3.8) is 0 Å². The number of aromatic nitrogens is 3. The second-order valence-electron chi connectivity index (χ2n) is 9.37. The highest BCUT2D eigenvalue weighted by Crippen LogP contribution is 2.23. The predicted octanol–water partition coefficient (Wildman–Crippen LogP) is 3.58. The maximum atomic E-state index is 12.3. The van der Waals surface area contributed by atoms with Gasteiger partial charge in [-0.3, -0.25) is 0 Å². The van der Waals surface area contributed by atoms with Crippen molar-refractivity contribution in [3.05, 3.63) is 42.1 Å². The molecule has 4 rings (SSSR count). The summed E-state index contributed by atoms with van der Waals surface area (Å²) in [6.07, 6.45) is 1.31. The van der Waals surface area contributed by atoms with Crippen molar-refractivity contribution >= 4 is 46.2 Å². The second kappa shape index (κ2) is 10.2. The molecule has 0 radical (unpaired) electrons. The molecule has 0 saturated carbocycles. The normalized spacial score (nSPS) is 14.0. The first-order valence-corrected chi connectivity index (χ1v) is 11.8. The minimum atomic E-state index is -0.530. The van der Waals surface area contributed by atoms with Crippen molar-refractivity contribution in [2.75, 3.05) is 48.7 Å². The Labute approximate surface area is 209 Å². The zero-order chi connectivity index (χ0) is 25.9. The number of nitrogens with two attached hydrogens (primary N) is 1. The maximum Gasteiger partial charge on any atom is 0.410 e. The number of nitrogens with zero attached hydrogens (tertiary/aromatic N) is 5. The summed E-state index contributed by atoms with van der Waals surface area (Å²) >= 11 is 0. The van der Waals surface area contributed by atoms with Gasteiger partial charge in [-0.1, -0.05) is 0 Å². The van der Waals surface area contributed by atoms with Crippen LogP contribution in [-0.2, 0) is 9.47 Å². The summed E-state index contributed by atoms with van der Waals surface area (Å²) in [6.45, 7) is 10.2. The van der Waals surface area contributed by atoms with E-state index in [0.29, 0.717) is 30.1 Å². The van der Waals surface area contributed by atoms with Crippen LogP contribution in [0.5, 0.6) is 0 Å². The standard InChI is InChI=1S/C25H31N7O4/c1-5-35-22(33)19-14-16-15-27-23(30-21(16)29-20(19)26)28-17-6-8-18(9-7-17)31-10-12-32(13-11-31)24(34)36-25(2,3)4/h6-9,14-15H,5,10-13H2,1-4H3,(H3,26,27,28,29,30). The van der Waals surface area contributed by atoms with E-state index in [4.69, 9.17) is 15.2 Å². The lowest BCUT2D eigenvalue weighted by molar-refractivity contribution is 0.0240. The average Bonchev–Trinajstić information content (AvgIpc) is 2.83. The van der Waals surface area contributed by atoms with E-state index in [-0.39, 0.29) is 24.1 Å². The Morgan fingerprint density at radius 3 is 2.42 bits per heavy atom. The SMILES string of the molecule is CCOC(=O)c1cc2cnc(Nc3ccc(N4CCN(C(=O)OC(C)(C)C)CC4)cc3)nc2nc1N. The van der Waals surface area contributed by atoms with Crippen molar-refractivity contribution < 1.29 is 19.1 Å². The van der Waals surface area contributed by atoms with Crippen molar-refractivity contribution in [1.82, 2.24) is 19.9 Å². The number of benzene rings is 1. The Hall–Kier alpha value is -4.15. The van der Waals surface area contributed by atoms with E-state index in [1.807, 2.05) is 45.0 Å². The third-order valence-electron chi connectivity index (χ3n) is 5.51. The number of anilines is 4. The Bertz CT molecular complexity index is 1250. The number of rotatable bonds is 5. The Kier molecular flexibility index (Phi) is 7.09. The molecule has 1 amide bonds. The highest BCUT2D eigenvalue weighted by Gasteiger charge is 2.26. The molecule has 0 atom stereocenters. The summed E-state index contributed by atoms with van der Waals surface area (Å²) in [5.41, 5.74) is 7.86. The smallest absolute Gasteiger partial charge is 0.410 e. The molecule has 11 heteroatoms. The number of pyridine rings is 1. The molecule has 3 heterocycles. The van der Waals surface area contributed by atoms with E-state index in [1.54, 1.807) is 24.1 Å². The number of carbonyl (C=O) groups is 2. The number of nitrogens with one attached hydrogen (secondary N) is 1. The zero-order valence-electron chi connectivity index (χ0n) is 20.9. The minimum absolute atomic E-state index is 0.0571. The van der Waals surface area contributed by atoms with Gasteiger partial charge in [0.15, 0.2) is 5.65 Å². The van der Waals surface area contributed by atoms with Gasteiger partial charge in [0, 0.05) is 49.1 Å². The molecular weight excluding hydrogens is 462 g/mol. The van der Waals surface area contributed by atoms with E-state index in [2.05, 4.69) is 25.2 Å². The molecule has 36 heavy (non-hydrogen) atoms. The lowest BCUT2D eigenvalue weighted by Gasteiger charge is -2.36. The van der Waals surface area contributed by atoms with Crippen molar-refractivity contribution in [2.45, 2.75) is 33.3 Å². The van der Waals surface area contributed by atoms with Gasteiger partial charge in [0.2, 0.25) is 5.95 Å². The number of fused-ring (bicyclic) bond motifs is 1. The van der Waals surface area contributed by atoms with E-state index in [1.165, 1.54) is 0 Å². The van der Waals surface area contributed by atoms with Crippen LogP contribution in [0.15, 0.2) is 36.5 Å². The molecule has 0 bridgehead atoms. The fraction of sp³-hybridized carbons (Fsp3) is 0.400. The van der Waals surface area contributed by atoms with Crippen molar-refractivity contribution in [3.8, 4) is 0 Å². The van der Waals surface area contributed by atoms with Crippen LogP contribution in [-0.4, -0.2) is 70.3 Å². The number of nitrogen functional groups attached to an aromatic ring is 1. The first-order chi connectivity index (χ1) is 17.1. The van der Waals surface area contributed by atoms with E-state index < -0.39 is 11.6 Å². The highest BCUT2D eigenvalue weighted by molar-refractivity contribution is 5.98. The van der Waals surface area contributed by atoms with Gasteiger partial charge >= 0.3 is 12.1 Å². The van der Waals surface area contributed by atoms with Crippen LogP contribution >= 0.6 is 0 Å². The predicted molar refractivity (Wildman–Crippen MR) is 137 cm³/mol. The Morgan fingerprint density at radius 1 is 1.08 bits per heavy atom. The lowest BCUT2D eigenvalue weighted by atomic mass is 10.2. The third kappa shape index (κ3) is 5.91. The largest absolute Gasteiger partial charge is 0.462 e. The van der Waals surface area contributed by atoms with E-state index in [9.17, 15) is 9.59 Å². The van der Waals surface area contributed by atoms with E-state index >= 15 is 0 Å².